The Morgan fingerprint density at radius 1 is 0.923 bits per heavy atom. The van der Waals surface area contributed by atoms with E-state index in [9.17, 15) is 13.2 Å². The molecule has 0 aromatic rings. The van der Waals surface area contributed by atoms with Crippen molar-refractivity contribution in [1.29, 1.82) is 0 Å². The summed E-state index contributed by atoms with van der Waals surface area (Å²) in [4.78, 5) is 17.0. The number of carbonyl (C=O) groups is 1. The summed E-state index contributed by atoms with van der Waals surface area (Å²) in [7, 11) is -3.12. The van der Waals surface area contributed by atoms with Crippen LogP contribution in [-0.2, 0) is 9.84 Å². The third-order valence-corrected chi connectivity index (χ3v) is 8.13. The van der Waals surface area contributed by atoms with E-state index in [1.807, 2.05) is 4.90 Å². The van der Waals surface area contributed by atoms with E-state index in [0.717, 1.165) is 51.4 Å². The zero-order chi connectivity index (χ0) is 18.6. The summed E-state index contributed by atoms with van der Waals surface area (Å²) in [5.74, 6) is 0.835. The summed E-state index contributed by atoms with van der Waals surface area (Å²) in [5.41, 5.74) is 0. The van der Waals surface area contributed by atoms with Crippen LogP contribution in [0.2, 0.25) is 0 Å². The lowest BCUT2D eigenvalue weighted by atomic mass is 9.89. The minimum atomic E-state index is -3.12. The highest BCUT2D eigenvalue weighted by Crippen LogP contribution is 2.26. The quantitative estimate of drug-likeness (QED) is 0.806. The zero-order valence-corrected chi connectivity index (χ0v) is 17.0. The second-order valence-electron chi connectivity index (χ2n) is 8.50. The molecule has 2 saturated carbocycles. The van der Waals surface area contributed by atoms with Crippen molar-refractivity contribution in [3.05, 3.63) is 0 Å². The molecule has 150 valence electrons. The Balaban J connectivity index is 1.45. The fourth-order valence-electron chi connectivity index (χ4n) is 4.89. The summed E-state index contributed by atoms with van der Waals surface area (Å²) in [6.07, 6.45) is 11.5. The number of hydrogen-bond acceptors (Lipinski definition) is 4. The molecule has 7 heteroatoms. The van der Waals surface area contributed by atoms with Crippen LogP contribution in [0.3, 0.4) is 0 Å². The van der Waals surface area contributed by atoms with Gasteiger partial charge in [0.25, 0.3) is 0 Å². The first-order chi connectivity index (χ1) is 12.4. The second-order valence-corrected chi connectivity index (χ2v) is 10.8. The Kier molecular flexibility index (Phi) is 6.83. The van der Waals surface area contributed by atoms with Gasteiger partial charge in [-0.25, -0.2) is 13.2 Å². The summed E-state index contributed by atoms with van der Waals surface area (Å²) in [5, 5.41) is 2.61. The van der Waals surface area contributed by atoms with Crippen molar-refractivity contribution >= 4 is 15.9 Å². The molecule has 0 unspecified atom stereocenters. The lowest BCUT2D eigenvalue weighted by Crippen LogP contribution is -2.56. The van der Waals surface area contributed by atoms with Crippen molar-refractivity contribution in [2.45, 2.75) is 69.1 Å². The molecule has 0 aromatic heterocycles. The maximum absolute atomic E-state index is 12.6. The number of piperazine rings is 1. The first-order valence-corrected chi connectivity index (χ1v) is 12.4. The summed E-state index contributed by atoms with van der Waals surface area (Å²) >= 11 is 0. The van der Waals surface area contributed by atoms with Gasteiger partial charge in [0.05, 0.1) is 5.25 Å². The minimum absolute atomic E-state index is 0.0807. The van der Waals surface area contributed by atoms with Gasteiger partial charge in [0.2, 0.25) is 0 Å². The Morgan fingerprint density at radius 3 is 2.19 bits per heavy atom. The molecule has 2 atom stereocenters. The fraction of sp³-hybridized carbons (Fsp3) is 0.947. The van der Waals surface area contributed by atoms with Gasteiger partial charge in [-0.1, -0.05) is 32.1 Å². The van der Waals surface area contributed by atoms with Gasteiger partial charge in [0, 0.05) is 45.0 Å². The average molecular weight is 386 g/mol. The van der Waals surface area contributed by atoms with E-state index in [2.05, 4.69) is 10.2 Å². The fourth-order valence-corrected chi connectivity index (χ4v) is 6.29. The highest BCUT2D eigenvalue weighted by atomic mass is 32.2. The number of nitrogens with one attached hydrogen (secondary N) is 1. The predicted octanol–water partition coefficient (Wildman–Crippen LogP) is 2.25. The lowest BCUT2D eigenvalue weighted by Gasteiger charge is -2.38. The molecule has 6 nitrogen and oxygen atoms in total. The van der Waals surface area contributed by atoms with Gasteiger partial charge >= 0.3 is 6.03 Å². The van der Waals surface area contributed by atoms with E-state index in [0.29, 0.717) is 6.42 Å². The van der Waals surface area contributed by atoms with Gasteiger partial charge in [0.15, 0.2) is 9.84 Å². The van der Waals surface area contributed by atoms with Crippen LogP contribution >= 0.6 is 0 Å². The monoisotopic (exact) mass is 385 g/mol. The Hall–Kier alpha value is -0.820. The third-order valence-electron chi connectivity index (χ3n) is 6.46. The first kappa shape index (κ1) is 19.9. The maximum Gasteiger partial charge on any atom is 0.317 e. The molecule has 26 heavy (non-hydrogen) atoms. The van der Waals surface area contributed by atoms with E-state index in [1.165, 1.54) is 44.9 Å². The summed E-state index contributed by atoms with van der Waals surface area (Å²) in [6, 6.07) is -0.311. The lowest BCUT2D eigenvalue weighted by molar-refractivity contribution is 0.117. The molecule has 3 aliphatic rings. The number of carbonyl (C=O) groups excluding carboxylic acids is 1. The van der Waals surface area contributed by atoms with Crippen molar-refractivity contribution in [2.24, 2.45) is 5.92 Å². The SMILES string of the molecule is CS(=O)(=O)[C@@H]1CCCC[C@H]1NC(=O)N1CCN(CC2CCCCC2)CC1. The molecule has 3 fully saturated rings. The van der Waals surface area contributed by atoms with Crippen LogP contribution < -0.4 is 5.32 Å². The van der Waals surface area contributed by atoms with Crippen LogP contribution in [0.4, 0.5) is 4.79 Å². The van der Waals surface area contributed by atoms with Crippen molar-refractivity contribution in [3.63, 3.8) is 0 Å². The Labute approximate surface area is 158 Å². The first-order valence-electron chi connectivity index (χ1n) is 10.4. The molecular weight excluding hydrogens is 350 g/mol. The molecule has 1 aliphatic heterocycles. The predicted molar refractivity (Wildman–Crippen MR) is 104 cm³/mol. The van der Waals surface area contributed by atoms with Gasteiger partial charge < -0.3 is 10.2 Å². The highest BCUT2D eigenvalue weighted by molar-refractivity contribution is 7.91. The topological polar surface area (TPSA) is 69.7 Å². The van der Waals surface area contributed by atoms with Gasteiger partial charge in [-0.05, 0) is 31.6 Å². The summed E-state index contributed by atoms with van der Waals surface area (Å²) < 4.78 is 24.0. The van der Waals surface area contributed by atoms with E-state index < -0.39 is 15.1 Å². The normalized spacial score (nSPS) is 29.5. The molecular formula is C19H35N3O3S. The molecule has 0 bridgehead atoms. The summed E-state index contributed by atoms with van der Waals surface area (Å²) in [6.45, 7) is 4.53. The molecule has 0 spiro atoms. The van der Waals surface area contributed by atoms with Crippen molar-refractivity contribution < 1.29 is 13.2 Å². The van der Waals surface area contributed by atoms with Crippen molar-refractivity contribution in [2.75, 3.05) is 39.0 Å². The molecule has 0 aromatic carbocycles. The van der Waals surface area contributed by atoms with E-state index in [4.69, 9.17) is 0 Å². The second kappa shape index (κ2) is 8.91. The van der Waals surface area contributed by atoms with E-state index in [-0.39, 0.29) is 12.1 Å². The third kappa shape index (κ3) is 5.35. The number of sulfone groups is 1. The standard InChI is InChI=1S/C19H35N3O3S/c1-26(24,25)18-10-6-5-9-17(18)20-19(23)22-13-11-21(12-14-22)15-16-7-3-2-4-8-16/h16-18H,2-15H2,1H3,(H,20,23)/t17-,18-/m1/s1. The molecule has 1 heterocycles. The van der Waals surface area contributed by atoms with Crippen LogP contribution in [-0.4, -0.2) is 74.5 Å². The average Bonchev–Trinajstić information content (AvgIpc) is 2.63. The number of hydrogen-bond donors (Lipinski definition) is 1. The number of amides is 2. The van der Waals surface area contributed by atoms with Gasteiger partial charge in [0.1, 0.15) is 0 Å². The molecule has 3 rings (SSSR count). The van der Waals surface area contributed by atoms with Gasteiger partial charge in [-0.15, -0.1) is 0 Å². The van der Waals surface area contributed by atoms with Crippen molar-refractivity contribution in [3.8, 4) is 0 Å². The van der Waals surface area contributed by atoms with Crippen LogP contribution in [0.15, 0.2) is 0 Å². The number of nitrogens with zero attached hydrogens (tertiary/aromatic N) is 2. The number of urea groups is 1. The van der Waals surface area contributed by atoms with Crippen LogP contribution in [0.25, 0.3) is 0 Å². The van der Waals surface area contributed by atoms with Gasteiger partial charge in [-0.3, -0.25) is 4.90 Å². The van der Waals surface area contributed by atoms with Gasteiger partial charge in [-0.2, -0.15) is 0 Å². The highest BCUT2D eigenvalue weighted by Gasteiger charge is 2.35. The van der Waals surface area contributed by atoms with E-state index in [1.54, 1.807) is 0 Å². The maximum atomic E-state index is 12.6. The molecule has 2 aliphatic carbocycles. The minimum Gasteiger partial charge on any atom is -0.334 e. The smallest absolute Gasteiger partial charge is 0.317 e. The molecule has 1 saturated heterocycles. The molecule has 1 N–H and O–H groups in total. The van der Waals surface area contributed by atoms with Crippen molar-refractivity contribution in [1.82, 2.24) is 15.1 Å². The Bertz CT molecular complexity index is 567. The van der Waals surface area contributed by atoms with Crippen LogP contribution in [0, 0.1) is 5.92 Å². The zero-order valence-electron chi connectivity index (χ0n) is 16.2. The van der Waals surface area contributed by atoms with Crippen LogP contribution in [0.1, 0.15) is 57.8 Å². The Morgan fingerprint density at radius 2 is 1.54 bits per heavy atom. The van der Waals surface area contributed by atoms with Crippen LogP contribution in [0.5, 0.6) is 0 Å². The molecule has 0 radical (unpaired) electrons. The largest absolute Gasteiger partial charge is 0.334 e. The van der Waals surface area contributed by atoms with E-state index >= 15 is 0 Å². The number of rotatable bonds is 4. The molecule has 2 amide bonds.